The van der Waals surface area contributed by atoms with E-state index in [0.29, 0.717) is 17.5 Å². The second-order valence-electron chi connectivity index (χ2n) is 17.5. The summed E-state index contributed by atoms with van der Waals surface area (Å²) in [7, 11) is -2.77. The number of aromatic nitrogens is 4. The third-order valence-corrected chi connectivity index (χ3v) is 18.4. The monoisotopic (exact) mass is 898 g/mol. The largest absolute Gasteiger partial charge is 0.456 e. The van der Waals surface area contributed by atoms with Crippen LogP contribution in [0.25, 0.3) is 94.7 Å². The van der Waals surface area contributed by atoms with Gasteiger partial charge in [-0.05, 0) is 68.3 Å². The number of benzene rings is 10. The van der Waals surface area contributed by atoms with Crippen LogP contribution in [0.4, 0.5) is 0 Å². The minimum atomic E-state index is -2.77. The maximum Gasteiger partial charge on any atom is 0.179 e. The number of nitrogens with zero attached hydrogens (tertiary/aromatic N) is 4. The van der Waals surface area contributed by atoms with Gasteiger partial charge in [0.1, 0.15) is 11.2 Å². The number of fused-ring (bicyclic) bond motifs is 6. The van der Waals surface area contributed by atoms with Crippen LogP contribution in [0.5, 0.6) is 0 Å². The van der Waals surface area contributed by atoms with E-state index in [9.17, 15) is 0 Å². The molecule has 3 aromatic heterocycles. The van der Waals surface area contributed by atoms with Crippen molar-refractivity contribution in [3.05, 3.63) is 255 Å². The zero-order valence-electron chi connectivity index (χ0n) is 37.4. The van der Waals surface area contributed by atoms with Gasteiger partial charge in [-0.2, -0.15) is 0 Å². The molecule has 0 saturated heterocycles. The van der Waals surface area contributed by atoms with Crippen LogP contribution in [0.3, 0.4) is 0 Å². The van der Waals surface area contributed by atoms with Crippen molar-refractivity contribution < 1.29 is 4.42 Å². The van der Waals surface area contributed by atoms with Crippen LogP contribution in [-0.2, 0) is 0 Å². The van der Waals surface area contributed by atoms with Gasteiger partial charge in [0.05, 0.1) is 11.0 Å². The Balaban J connectivity index is 1.02. The molecule has 0 spiro atoms. The predicted octanol–water partition coefficient (Wildman–Crippen LogP) is 12.9. The van der Waals surface area contributed by atoms with E-state index in [4.69, 9.17) is 19.4 Å². The van der Waals surface area contributed by atoms with Crippen LogP contribution in [0, 0.1) is 0 Å². The molecule has 0 aliphatic rings. The third kappa shape index (κ3) is 6.72. The Bertz CT molecular complexity index is 3860. The lowest BCUT2D eigenvalue weighted by molar-refractivity contribution is 0.669. The number of hydrogen-bond acceptors (Lipinski definition) is 4. The van der Waals surface area contributed by atoms with Gasteiger partial charge in [0, 0.05) is 43.9 Å². The normalized spacial score (nSPS) is 11.8. The van der Waals surface area contributed by atoms with Gasteiger partial charge in [-0.15, -0.1) is 0 Å². The van der Waals surface area contributed by atoms with Crippen molar-refractivity contribution in [3.8, 4) is 51.0 Å². The number of rotatable bonds is 9. The summed E-state index contributed by atoms with van der Waals surface area (Å²) in [5.74, 6) is 1.77. The van der Waals surface area contributed by atoms with Gasteiger partial charge in [-0.3, -0.25) is 0 Å². The minimum Gasteiger partial charge on any atom is -0.456 e. The maximum atomic E-state index is 6.39. The van der Waals surface area contributed by atoms with E-state index in [1.54, 1.807) is 0 Å². The Hall–Kier alpha value is -8.97. The Kier molecular flexibility index (Phi) is 9.77. The molecule has 13 aromatic rings. The Labute approximate surface area is 400 Å². The predicted molar refractivity (Wildman–Crippen MR) is 287 cm³/mol. The summed E-state index contributed by atoms with van der Waals surface area (Å²) in [4.78, 5) is 16.1. The summed E-state index contributed by atoms with van der Waals surface area (Å²) < 4.78 is 8.72. The lowest BCUT2D eigenvalue weighted by atomic mass is 9.95. The van der Waals surface area contributed by atoms with Crippen LogP contribution >= 0.6 is 0 Å². The fourth-order valence-corrected chi connectivity index (χ4v) is 15.3. The summed E-state index contributed by atoms with van der Waals surface area (Å²) in [5, 5.41) is 9.78. The Morgan fingerprint density at radius 2 is 0.783 bits per heavy atom. The van der Waals surface area contributed by atoms with Crippen LogP contribution in [0.1, 0.15) is 0 Å². The first-order valence-corrected chi connectivity index (χ1v) is 25.3. The average molecular weight is 899 g/mol. The Morgan fingerprint density at radius 1 is 0.319 bits per heavy atom. The first-order valence-electron chi connectivity index (χ1n) is 23.3. The second kappa shape index (κ2) is 16.7. The van der Waals surface area contributed by atoms with Crippen molar-refractivity contribution in [2.24, 2.45) is 0 Å². The zero-order valence-corrected chi connectivity index (χ0v) is 38.4. The molecule has 0 unspecified atom stereocenters. The molecule has 0 aliphatic heterocycles. The van der Waals surface area contributed by atoms with Crippen LogP contribution in [0.2, 0.25) is 0 Å². The smallest absolute Gasteiger partial charge is 0.179 e. The molecule has 10 aromatic carbocycles. The lowest BCUT2D eigenvalue weighted by Crippen LogP contribution is -2.74. The molecule has 5 nitrogen and oxygen atoms in total. The van der Waals surface area contributed by atoms with E-state index in [-0.39, 0.29) is 0 Å². The van der Waals surface area contributed by atoms with Gasteiger partial charge >= 0.3 is 0 Å². The van der Waals surface area contributed by atoms with Gasteiger partial charge in [-0.25, -0.2) is 15.0 Å². The van der Waals surface area contributed by atoms with Gasteiger partial charge < -0.3 is 8.98 Å². The van der Waals surface area contributed by atoms with E-state index in [1.807, 2.05) is 18.2 Å². The van der Waals surface area contributed by atoms with Crippen molar-refractivity contribution >= 4 is 72.6 Å². The van der Waals surface area contributed by atoms with Crippen molar-refractivity contribution in [1.82, 2.24) is 19.5 Å². The minimum absolute atomic E-state index is 0.586. The molecule has 6 heteroatoms. The summed E-state index contributed by atoms with van der Waals surface area (Å²) in [6, 6.07) is 90.8. The molecule has 324 valence electrons. The van der Waals surface area contributed by atoms with E-state index >= 15 is 0 Å². The molecule has 3 heterocycles. The summed E-state index contributed by atoms with van der Waals surface area (Å²) in [6.45, 7) is 0. The van der Waals surface area contributed by atoms with Crippen LogP contribution in [0.15, 0.2) is 259 Å². The van der Waals surface area contributed by atoms with Gasteiger partial charge in [-0.1, -0.05) is 218 Å². The van der Waals surface area contributed by atoms with Crippen LogP contribution in [-0.4, -0.2) is 27.6 Å². The number of furan rings is 1. The van der Waals surface area contributed by atoms with Crippen molar-refractivity contribution in [1.29, 1.82) is 0 Å². The molecular formula is C63H42N4OSi. The van der Waals surface area contributed by atoms with E-state index in [0.717, 1.165) is 66.5 Å². The highest BCUT2D eigenvalue weighted by atomic mass is 28.3. The average Bonchev–Trinajstić information content (AvgIpc) is 3.98. The Morgan fingerprint density at radius 3 is 1.42 bits per heavy atom. The van der Waals surface area contributed by atoms with E-state index in [1.165, 1.54) is 31.5 Å². The molecule has 0 aliphatic carbocycles. The highest BCUT2D eigenvalue weighted by Gasteiger charge is 2.41. The quantitative estimate of drug-likeness (QED) is 0.107. The second-order valence-corrected chi connectivity index (χ2v) is 21.3. The molecule has 0 bridgehead atoms. The molecule has 0 atom stereocenters. The molecule has 69 heavy (non-hydrogen) atoms. The molecule has 0 fully saturated rings. The summed E-state index contributed by atoms with van der Waals surface area (Å²) in [6.07, 6.45) is 0. The summed E-state index contributed by atoms with van der Waals surface area (Å²) in [5.41, 5.74) is 9.76. The first kappa shape index (κ1) is 40.3. The van der Waals surface area contributed by atoms with Gasteiger partial charge in [0.15, 0.2) is 25.5 Å². The third-order valence-electron chi connectivity index (χ3n) is 13.6. The SMILES string of the molecule is c1ccc([Si](c2ccccc2)(c2ccccc2)c2ccc(-c3nc(-c4cccc(-n5c6ccccc6c6ccccc65)c4)nc(-c4ccccc4-c4cccc5oc6ccccc6c45)n3)cc2)cc1. The van der Waals surface area contributed by atoms with Gasteiger partial charge in [0.2, 0.25) is 0 Å². The molecule has 0 N–H and O–H groups in total. The highest BCUT2D eigenvalue weighted by Crippen LogP contribution is 2.41. The lowest BCUT2D eigenvalue weighted by Gasteiger charge is -2.34. The van der Waals surface area contributed by atoms with E-state index < -0.39 is 8.07 Å². The molecule has 0 saturated carbocycles. The topological polar surface area (TPSA) is 56.7 Å². The first-order chi connectivity index (χ1) is 34.2. The zero-order chi connectivity index (χ0) is 45.7. The van der Waals surface area contributed by atoms with E-state index in [2.05, 4.69) is 241 Å². The molecule has 0 amide bonds. The number of para-hydroxylation sites is 3. The fraction of sp³-hybridized carbons (Fsp3) is 0. The fourth-order valence-electron chi connectivity index (χ4n) is 10.6. The molecule has 0 radical (unpaired) electrons. The highest BCUT2D eigenvalue weighted by molar-refractivity contribution is 7.19. The van der Waals surface area contributed by atoms with Crippen molar-refractivity contribution in [3.63, 3.8) is 0 Å². The molecule has 13 rings (SSSR count). The van der Waals surface area contributed by atoms with Gasteiger partial charge in [0.25, 0.3) is 0 Å². The van der Waals surface area contributed by atoms with Crippen molar-refractivity contribution in [2.45, 2.75) is 0 Å². The number of hydrogen-bond donors (Lipinski definition) is 0. The van der Waals surface area contributed by atoms with Crippen molar-refractivity contribution in [2.75, 3.05) is 0 Å². The summed E-state index contributed by atoms with van der Waals surface area (Å²) >= 11 is 0. The maximum absolute atomic E-state index is 6.39. The van der Waals surface area contributed by atoms with Crippen LogP contribution < -0.4 is 20.7 Å². The molecular weight excluding hydrogens is 857 g/mol. The standard InChI is InChI=1S/C63H42N4OSi/c1-4-22-46(23-5-1)69(47-24-6-2-7-25-47,48-26-8-3-9-27-48)49-40-38-43(39-41-49)61-64-62(44-20-18-21-45(42-44)67-56-34-15-12-29-51(56)52-30-13-16-35-57(52)67)66-63(65-61)54-31-11-10-28-50(54)53-33-19-37-59-60(53)55-32-14-17-36-58(55)68-59/h1-42H.